The van der Waals surface area contributed by atoms with Gasteiger partial charge in [-0.15, -0.1) is 6.42 Å². The quantitative estimate of drug-likeness (QED) is 0.664. The highest BCUT2D eigenvalue weighted by molar-refractivity contribution is 5.43. The molecule has 0 radical (unpaired) electrons. The molecule has 0 aliphatic rings. The maximum Gasteiger partial charge on any atom is 0.222 e. The molecule has 1 aromatic rings. The second kappa shape index (κ2) is 3.76. The number of hydrogen-bond acceptors (Lipinski definition) is 4. The molecular formula is C9H12N4. The standard InChI is InChI=1S/C9H12N4/c1-4-5-13(3)8-6-7(2)11-9(10)12-8/h1,6H,5H2,2-3H3,(H2,10,11,12). The third kappa shape index (κ3) is 2.34. The zero-order valence-corrected chi connectivity index (χ0v) is 7.78. The molecular weight excluding hydrogens is 164 g/mol. The Morgan fingerprint density at radius 2 is 2.31 bits per heavy atom. The summed E-state index contributed by atoms with van der Waals surface area (Å²) in [7, 11) is 1.86. The molecule has 0 spiro atoms. The highest BCUT2D eigenvalue weighted by atomic mass is 15.2. The van der Waals surface area contributed by atoms with Crippen LogP contribution in [0.1, 0.15) is 5.69 Å². The molecule has 0 fully saturated rings. The number of rotatable bonds is 2. The van der Waals surface area contributed by atoms with E-state index in [1.165, 1.54) is 0 Å². The Kier molecular flexibility index (Phi) is 2.70. The highest BCUT2D eigenvalue weighted by Crippen LogP contribution is 2.10. The van der Waals surface area contributed by atoms with Crippen LogP contribution in [0, 0.1) is 19.3 Å². The maximum atomic E-state index is 5.49. The van der Waals surface area contributed by atoms with Crippen LogP contribution >= 0.6 is 0 Å². The lowest BCUT2D eigenvalue weighted by Gasteiger charge is -2.14. The van der Waals surface area contributed by atoms with Gasteiger partial charge < -0.3 is 10.6 Å². The van der Waals surface area contributed by atoms with Crippen molar-refractivity contribution in [3.63, 3.8) is 0 Å². The molecule has 0 saturated carbocycles. The van der Waals surface area contributed by atoms with Crippen LogP contribution in [0.3, 0.4) is 0 Å². The zero-order chi connectivity index (χ0) is 9.84. The number of terminal acetylenes is 1. The van der Waals surface area contributed by atoms with Crippen LogP contribution in [0.4, 0.5) is 11.8 Å². The second-order valence-corrected chi connectivity index (χ2v) is 2.79. The highest BCUT2D eigenvalue weighted by Gasteiger charge is 2.02. The van der Waals surface area contributed by atoms with Gasteiger partial charge in [-0.2, -0.15) is 4.98 Å². The molecule has 0 amide bonds. The molecule has 1 aromatic heterocycles. The molecule has 0 aliphatic heterocycles. The van der Waals surface area contributed by atoms with Crippen molar-refractivity contribution < 1.29 is 0 Å². The van der Waals surface area contributed by atoms with Gasteiger partial charge in [0.2, 0.25) is 5.95 Å². The summed E-state index contributed by atoms with van der Waals surface area (Å²) in [6.45, 7) is 2.38. The molecule has 0 saturated heterocycles. The number of anilines is 2. The second-order valence-electron chi connectivity index (χ2n) is 2.79. The third-order valence-electron chi connectivity index (χ3n) is 1.58. The van der Waals surface area contributed by atoms with Crippen molar-refractivity contribution in [2.75, 3.05) is 24.2 Å². The van der Waals surface area contributed by atoms with Crippen molar-refractivity contribution in [1.82, 2.24) is 9.97 Å². The lowest BCUT2D eigenvalue weighted by atomic mass is 10.4. The van der Waals surface area contributed by atoms with Crippen molar-refractivity contribution in [2.45, 2.75) is 6.92 Å². The van der Waals surface area contributed by atoms with Gasteiger partial charge in [0.05, 0.1) is 6.54 Å². The van der Waals surface area contributed by atoms with Crippen LogP contribution in [-0.4, -0.2) is 23.6 Å². The fourth-order valence-corrected chi connectivity index (χ4v) is 0.988. The minimum Gasteiger partial charge on any atom is -0.368 e. The van der Waals surface area contributed by atoms with E-state index in [1.807, 2.05) is 24.9 Å². The number of aromatic nitrogens is 2. The van der Waals surface area contributed by atoms with Gasteiger partial charge in [0.15, 0.2) is 0 Å². The van der Waals surface area contributed by atoms with Gasteiger partial charge in [0, 0.05) is 18.8 Å². The smallest absolute Gasteiger partial charge is 0.222 e. The topological polar surface area (TPSA) is 55.0 Å². The average molecular weight is 176 g/mol. The number of aryl methyl sites for hydroxylation is 1. The lowest BCUT2D eigenvalue weighted by Crippen LogP contribution is -2.19. The van der Waals surface area contributed by atoms with E-state index in [0.717, 1.165) is 11.5 Å². The van der Waals surface area contributed by atoms with E-state index in [2.05, 4.69) is 15.9 Å². The molecule has 1 heterocycles. The first-order valence-corrected chi connectivity index (χ1v) is 3.89. The van der Waals surface area contributed by atoms with E-state index < -0.39 is 0 Å². The summed E-state index contributed by atoms with van der Waals surface area (Å²) in [4.78, 5) is 9.85. The fourth-order valence-electron chi connectivity index (χ4n) is 0.988. The van der Waals surface area contributed by atoms with E-state index in [0.29, 0.717) is 6.54 Å². The molecule has 0 bridgehead atoms. The molecule has 4 heteroatoms. The minimum absolute atomic E-state index is 0.277. The predicted octanol–water partition coefficient (Wildman–Crippen LogP) is 0.437. The van der Waals surface area contributed by atoms with Gasteiger partial charge in [-0.25, -0.2) is 4.98 Å². The summed E-state index contributed by atoms with van der Waals surface area (Å²) in [6.07, 6.45) is 5.18. The molecule has 0 aliphatic carbocycles. The molecule has 2 N–H and O–H groups in total. The molecule has 68 valence electrons. The Hall–Kier alpha value is -1.76. The Labute approximate surface area is 77.8 Å². The predicted molar refractivity (Wildman–Crippen MR) is 53.3 cm³/mol. The lowest BCUT2D eigenvalue weighted by molar-refractivity contribution is 0.982. The SMILES string of the molecule is C#CCN(C)c1cc(C)nc(N)n1. The first-order valence-electron chi connectivity index (χ1n) is 3.89. The number of hydrogen-bond donors (Lipinski definition) is 1. The van der Waals surface area contributed by atoms with Crippen molar-refractivity contribution in [3.8, 4) is 12.3 Å². The monoisotopic (exact) mass is 176 g/mol. The van der Waals surface area contributed by atoms with Gasteiger partial charge in [-0.1, -0.05) is 5.92 Å². The van der Waals surface area contributed by atoms with E-state index in [1.54, 1.807) is 0 Å². The van der Waals surface area contributed by atoms with Crippen molar-refractivity contribution in [3.05, 3.63) is 11.8 Å². The van der Waals surface area contributed by atoms with Crippen LogP contribution in [0.2, 0.25) is 0 Å². The summed E-state index contributed by atoms with van der Waals surface area (Å²) in [5.41, 5.74) is 6.33. The van der Waals surface area contributed by atoms with Crippen LogP contribution < -0.4 is 10.6 Å². The number of nitrogen functional groups attached to an aromatic ring is 1. The summed E-state index contributed by atoms with van der Waals surface area (Å²) in [5, 5.41) is 0. The van der Waals surface area contributed by atoms with Gasteiger partial charge in [-0.3, -0.25) is 0 Å². The summed E-state index contributed by atoms with van der Waals surface area (Å²) in [5.74, 6) is 3.56. The maximum absolute atomic E-state index is 5.49. The molecule has 0 aromatic carbocycles. The Balaban J connectivity index is 2.95. The Bertz CT molecular complexity index is 320. The van der Waals surface area contributed by atoms with E-state index >= 15 is 0 Å². The largest absolute Gasteiger partial charge is 0.368 e. The van der Waals surface area contributed by atoms with E-state index in [9.17, 15) is 0 Å². The third-order valence-corrected chi connectivity index (χ3v) is 1.58. The molecule has 1 rings (SSSR count). The van der Waals surface area contributed by atoms with Crippen molar-refractivity contribution >= 4 is 11.8 Å². The molecule has 0 atom stereocenters. The molecule has 0 unspecified atom stereocenters. The number of nitrogens with zero attached hydrogens (tertiary/aromatic N) is 3. The summed E-state index contributed by atoms with van der Waals surface area (Å²) in [6, 6.07) is 1.84. The van der Waals surface area contributed by atoms with Crippen LogP contribution in [0.15, 0.2) is 6.07 Å². The number of nitrogens with two attached hydrogens (primary N) is 1. The molecule has 4 nitrogen and oxygen atoms in total. The molecule has 13 heavy (non-hydrogen) atoms. The van der Waals surface area contributed by atoms with Crippen LogP contribution in [-0.2, 0) is 0 Å². The van der Waals surface area contributed by atoms with Crippen LogP contribution in [0.5, 0.6) is 0 Å². The van der Waals surface area contributed by atoms with Crippen molar-refractivity contribution in [2.24, 2.45) is 0 Å². The summed E-state index contributed by atoms with van der Waals surface area (Å²) < 4.78 is 0. The van der Waals surface area contributed by atoms with Gasteiger partial charge in [0.25, 0.3) is 0 Å². The minimum atomic E-state index is 0.277. The first kappa shape index (κ1) is 9.33. The normalized spacial score (nSPS) is 9.31. The fraction of sp³-hybridized carbons (Fsp3) is 0.333. The van der Waals surface area contributed by atoms with Gasteiger partial charge in [-0.05, 0) is 6.92 Å². The van der Waals surface area contributed by atoms with E-state index in [4.69, 9.17) is 12.2 Å². The first-order chi connectivity index (χ1) is 6.13. The Morgan fingerprint density at radius 3 is 2.85 bits per heavy atom. The summed E-state index contributed by atoms with van der Waals surface area (Å²) >= 11 is 0. The Morgan fingerprint density at radius 1 is 1.62 bits per heavy atom. The van der Waals surface area contributed by atoms with Gasteiger partial charge >= 0.3 is 0 Å². The zero-order valence-electron chi connectivity index (χ0n) is 7.78. The average Bonchev–Trinajstić information content (AvgIpc) is 2.03. The van der Waals surface area contributed by atoms with Crippen molar-refractivity contribution in [1.29, 1.82) is 0 Å². The van der Waals surface area contributed by atoms with Crippen LogP contribution in [0.25, 0.3) is 0 Å². The van der Waals surface area contributed by atoms with Gasteiger partial charge in [0.1, 0.15) is 5.82 Å². The van der Waals surface area contributed by atoms with E-state index in [-0.39, 0.29) is 5.95 Å².